The molecule has 1 N–H and O–H groups in total. The fraction of sp³-hybridized carbons (Fsp3) is 0.409. The molecule has 1 atom stereocenters. The highest BCUT2D eigenvalue weighted by Crippen LogP contribution is 2.33. The standard InChI is InChI=1S/C22H27N5O2/c1-14-6-5-7-21(24-14)23-12-16-8-9-27(13-16)22-15(2)25-17-10-19(28-3)20(29-4)11-18(17)26-22/h5-7,10-11,16H,8-9,12-13H2,1-4H3,(H,23,24)/t16-/m0/s1. The molecule has 0 unspecified atom stereocenters. The van der Waals surface area contributed by atoms with Gasteiger partial charge in [-0.15, -0.1) is 0 Å². The number of nitrogens with one attached hydrogen (secondary N) is 1. The van der Waals surface area contributed by atoms with Gasteiger partial charge in [-0.25, -0.2) is 15.0 Å². The molecule has 7 nitrogen and oxygen atoms in total. The van der Waals surface area contributed by atoms with Gasteiger partial charge in [0.05, 0.1) is 30.9 Å². The average molecular weight is 393 g/mol. The van der Waals surface area contributed by atoms with E-state index in [1.165, 1.54) is 0 Å². The molecule has 3 heterocycles. The lowest BCUT2D eigenvalue weighted by Gasteiger charge is -2.20. The number of ether oxygens (including phenoxy) is 2. The Morgan fingerprint density at radius 3 is 2.45 bits per heavy atom. The summed E-state index contributed by atoms with van der Waals surface area (Å²) in [6, 6.07) is 9.82. The molecule has 0 bridgehead atoms. The molecule has 1 aliphatic rings. The molecule has 7 heteroatoms. The molecule has 0 radical (unpaired) electrons. The molecule has 29 heavy (non-hydrogen) atoms. The molecule has 1 saturated heterocycles. The van der Waals surface area contributed by atoms with Crippen LogP contribution in [0.25, 0.3) is 11.0 Å². The van der Waals surface area contributed by atoms with Crippen LogP contribution < -0.4 is 19.7 Å². The van der Waals surface area contributed by atoms with Gasteiger partial charge in [-0.3, -0.25) is 0 Å². The van der Waals surface area contributed by atoms with Gasteiger partial charge in [0.1, 0.15) is 5.82 Å². The Morgan fingerprint density at radius 1 is 1.03 bits per heavy atom. The number of aromatic nitrogens is 3. The molecular formula is C22H27N5O2. The maximum absolute atomic E-state index is 5.42. The van der Waals surface area contributed by atoms with Crippen LogP contribution in [0.4, 0.5) is 11.6 Å². The topological polar surface area (TPSA) is 72.4 Å². The van der Waals surface area contributed by atoms with E-state index in [-0.39, 0.29) is 0 Å². The number of hydrogen-bond acceptors (Lipinski definition) is 7. The van der Waals surface area contributed by atoms with Gasteiger partial charge >= 0.3 is 0 Å². The number of rotatable bonds is 6. The fourth-order valence-electron chi connectivity index (χ4n) is 3.84. The first kappa shape index (κ1) is 19.2. The van der Waals surface area contributed by atoms with Gasteiger partial charge < -0.3 is 19.7 Å². The summed E-state index contributed by atoms with van der Waals surface area (Å²) < 4.78 is 10.8. The van der Waals surface area contributed by atoms with Crippen LogP contribution in [0.1, 0.15) is 17.8 Å². The Morgan fingerprint density at radius 2 is 1.76 bits per heavy atom. The molecule has 3 aromatic rings. The number of benzene rings is 1. The summed E-state index contributed by atoms with van der Waals surface area (Å²) in [7, 11) is 3.26. The number of nitrogens with zero attached hydrogens (tertiary/aromatic N) is 4. The molecule has 2 aromatic heterocycles. The lowest BCUT2D eigenvalue weighted by atomic mass is 10.1. The van der Waals surface area contributed by atoms with E-state index in [0.29, 0.717) is 17.4 Å². The van der Waals surface area contributed by atoms with Crippen molar-refractivity contribution >= 4 is 22.7 Å². The summed E-state index contributed by atoms with van der Waals surface area (Å²) in [5, 5.41) is 3.47. The van der Waals surface area contributed by atoms with E-state index in [4.69, 9.17) is 19.4 Å². The first-order chi connectivity index (χ1) is 14.1. The van der Waals surface area contributed by atoms with Crippen LogP contribution in [0.3, 0.4) is 0 Å². The van der Waals surface area contributed by atoms with Crippen LogP contribution in [0.15, 0.2) is 30.3 Å². The molecule has 0 amide bonds. The zero-order chi connectivity index (χ0) is 20.4. The van der Waals surface area contributed by atoms with E-state index in [0.717, 1.165) is 60.1 Å². The highest BCUT2D eigenvalue weighted by atomic mass is 16.5. The number of fused-ring (bicyclic) bond motifs is 1. The van der Waals surface area contributed by atoms with E-state index in [1.807, 2.05) is 44.2 Å². The summed E-state index contributed by atoms with van der Waals surface area (Å²) >= 11 is 0. The molecule has 0 spiro atoms. The number of methoxy groups -OCH3 is 2. The summed E-state index contributed by atoms with van der Waals surface area (Å²) in [6.07, 6.45) is 1.11. The maximum Gasteiger partial charge on any atom is 0.163 e. The zero-order valence-corrected chi connectivity index (χ0v) is 17.4. The Kier molecular flexibility index (Phi) is 5.38. The Balaban J connectivity index is 1.50. The minimum absolute atomic E-state index is 0.541. The van der Waals surface area contributed by atoms with Crippen molar-refractivity contribution in [1.29, 1.82) is 0 Å². The minimum atomic E-state index is 0.541. The van der Waals surface area contributed by atoms with Crippen LogP contribution >= 0.6 is 0 Å². The molecule has 0 aliphatic carbocycles. The van der Waals surface area contributed by atoms with Crippen molar-refractivity contribution in [1.82, 2.24) is 15.0 Å². The first-order valence-electron chi connectivity index (χ1n) is 9.90. The lowest BCUT2D eigenvalue weighted by molar-refractivity contribution is 0.355. The van der Waals surface area contributed by atoms with Crippen molar-refractivity contribution in [3.63, 3.8) is 0 Å². The van der Waals surface area contributed by atoms with Crippen molar-refractivity contribution in [2.45, 2.75) is 20.3 Å². The van der Waals surface area contributed by atoms with Gasteiger partial charge in [0.2, 0.25) is 0 Å². The molecule has 1 fully saturated rings. The van der Waals surface area contributed by atoms with Crippen molar-refractivity contribution in [2.24, 2.45) is 5.92 Å². The number of anilines is 2. The third-order valence-corrected chi connectivity index (χ3v) is 5.36. The van der Waals surface area contributed by atoms with Crippen LogP contribution in [0, 0.1) is 19.8 Å². The second-order valence-electron chi connectivity index (χ2n) is 7.47. The van der Waals surface area contributed by atoms with E-state index >= 15 is 0 Å². The highest BCUT2D eigenvalue weighted by Gasteiger charge is 2.25. The zero-order valence-electron chi connectivity index (χ0n) is 17.4. The quantitative estimate of drug-likeness (QED) is 0.686. The van der Waals surface area contributed by atoms with Gasteiger partial charge in [0, 0.05) is 37.5 Å². The van der Waals surface area contributed by atoms with Gasteiger partial charge in [-0.2, -0.15) is 0 Å². The van der Waals surface area contributed by atoms with E-state index in [2.05, 4.69) is 15.2 Å². The van der Waals surface area contributed by atoms with Gasteiger partial charge in [-0.1, -0.05) is 6.07 Å². The van der Waals surface area contributed by atoms with E-state index in [1.54, 1.807) is 14.2 Å². The molecule has 4 rings (SSSR count). The SMILES string of the molecule is COc1cc2nc(C)c(N3CC[C@@H](CNc4cccc(C)n4)C3)nc2cc1OC. The number of hydrogen-bond donors (Lipinski definition) is 1. The van der Waals surface area contributed by atoms with Crippen LogP contribution in [-0.4, -0.2) is 48.8 Å². The van der Waals surface area contributed by atoms with Crippen molar-refractivity contribution < 1.29 is 9.47 Å². The van der Waals surface area contributed by atoms with E-state index < -0.39 is 0 Å². The number of pyridine rings is 1. The third-order valence-electron chi connectivity index (χ3n) is 5.36. The smallest absolute Gasteiger partial charge is 0.163 e. The second-order valence-corrected chi connectivity index (χ2v) is 7.47. The molecule has 152 valence electrons. The highest BCUT2D eigenvalue weighted by molar-refractivity contribution is 5.81. The van der Waals surface area contributed by atoms with Crippen molar-refractivity contribution in [3.8, 4) is 11.5 Å². The number of aryl methyl sites for hydroxylation is 2. The Labute approximate surface area is 171 Å². The molecule has 1 aliphatic heterocycles. The monoisotopic (exact) mass is 393 g/mol. The maximum atomic E-state index is 5.42. The predicted octanol–water partition coefficient (Wildman–Crippen LogP) is 3.60. The summed E-state index contributed by atoms with van der Waals surface area (Å²) in [6.45, 7) is 6.85. The summed E-state index contributed by atoms with van der Waals surface area (Å²) in [5.41, 5.74) is 3.58. The normalized spacial score (nSPS) is 16.3. The predicted molar refractivity (Wildman–Crippen MR) is 115 cm³/mol. The van der Waals surface area contributed by atoms with Gasteiger partial charge in [-0.05, 0) is 38.3 Å². The lowest BCUT2D eigenvalue weighted by Crippen LogP contribution is -2.24. The van der Waals surface area contributed by atoms with Gasteiger partial charge in [0.15, 0.2) is 17.3 Å². The van der Waals surface area contributed by atoms with Crippen LogP contribution in [0.2, 0.25) is 0 Å². The summed E-state index contributed by atoms with van der Waals surface area (Å²) in [4.78, 5) is 16.5. The second kappa shape index (κ2) is 8.11. The van der Waals surface area contributed by atoms with Crippen LogP contribution in [0.5, 0.6) is 11.5 Å². The van der Waals surface area contributed by atoms with Crippen LogP contribution in [-0.2, 0) is 0 Å². The Hall–Kier alpha value is -3.09. The molecule has 1 aromatic carbocycles. The Bertz CT molecular complexity index is 1020. The molecule has 0 saturated carbocycles. The third kappa shape index (κ3) is 4.04. The fourth-order valence-corrected chi connectivity index (χ4v) is 3.84. The largest absolute Gasteiger partial charge is 0.493 e. The van der Waals surface area contributed by atoms with Gasteiger partial charge in [0.25, 0.3) is 0 Å². The van der Waals surface area contributed by atoms with E-state index in [9.17, 15) is 0 Å². The molecular weight excluding hydrogens is 366 g/mol. The van der Waals surface area contributed by atoms with Crippen molar-refractivity contribution in [2.75, 3.05) is 44.1 Å². The summed E-state index contributed by atoms with van der Waals surface area (Å²) in [5.74, 6) is 3.75. The van der Waals surface area contributed by atoms with Crippen molar-refractivity contribution in [3.05, 3.63) is 41.7 Å². The first-order valence-corrected chi connectivity index (χ1v) is 9.90. The average Bonchev–Trinajstić information content (AvgIpc) is 3.19. The minimum Gasteiger partial charge on any atom is -0.493 e.